The predicted octanol–water partition coefficient (Wildman–Crippen LogP) is 5.42. The monoisotopic (exact) mass is 502 g/mol. The molecule has 0 fully saturated rings. The van der Waals surface area contributed by atoms with Gasteiger partial charge >= 0.3 is 0 Å². The van der Waals surface area contributed by atoms with E-state index in [1.807, 2.05) is 70.2 Å². The summed E-state index contributed by atoms with van der Waals surface area (Å²) in [4.78, 5) is 27.9. The van der Waals surface area contributed by atoms with E-state index in [1.54, 1.807) is 4.90 Å². The normalized spacial score (nSPS) is 12.7. The van der Waals surface area contributed by atoms with Crippen molar-refractivity contribution in [1.82, 2.24) is 10.2 Å². The van der Waals surface area contributed by atoms with E-state index in [-0.39, 0.29) is 24.5 Å². The number of nitrogens with one attached hydrogen (secondary N) is 1. The topological polar surface area (TPSA) is 58.6 Å². The highest BCUT2D eigenvalue weighted by molar-refractivity contribution is 9.10. The molecule has 2 aromatic carbocycles. The molecule has 0 radical (unpaired) electrons. The zero-order valence-corrected chi connectivity index (χ0v) is 21.4. The lowest BCUT2D eigenvalue weighted by atomic mass is 10.1. The van der Waals surface area contributed by atoms with Crippen molar-refractivity contribution >= 4 is 27.7 Å². The van der Waals surface area contributed by atoms with Crippen LogP contribution in [0.4, 0.5) is 0 Å². The molecule has 6 heteroatoms. The van der Waals surface area contributed by atoms with Gasteiger partial charge in [-0.3, -0.25) is 9.59 Å². The predicted molar refractivity (Wildman–Crippen MR) is 133 cm³/mol. The van der Waals surface area contributed by atoms with Crippen LogP contribution in [0.25, 0.3) is 0 Å². The fraction of sp³-hybridized carbons (Fsp3) is 0.462. The maximum Gasteiger partial charge on any atom is 0.261 e. The summed E-state index contributed by atoms with van der Waals surface area (Å²) in [6.07, 6.45) is 2.28. The molecule has 0 bridgehead atoms. The van der Waals surface area contributed by atoms with E-state index in [0.717, 1.165) is 28.4 Å². The van der Waals surface area contributed by atoms with Gasteiger partial charge in [0.05, 0.1) is 4.47 Å². The van der Waals surface area contributed by atoms with Crippen LogP contribution in [0.2, 0.25) is 0 Å². The number of hydrogen-bond acceptors (Lipinski definition) is 3. The van der Waals surface area contributed by atoms with Gasteiger partial charge in [-0.25, -0.2) is 0 Å². The quantitative estimate of drug-likeness (QED) is 0.446. The van der Waals surface area contributed by atoms with Gasteiger partial charge in [-0.05, 0) is 72.3 Å². The zero-order chi connectivity index (χ0) is 23.7. The minimum Gasteiger partial charge on any atom is -0.483 e. The molecule has 0 aliphatic heterocycles. The van der Waals surface area contributed by atoms with Gasteiger partial charge in [0.1, 0.15) is 11.8 Å². The van der Waals surface area contributed by atoms with Crippen molar-refractivity contribution in [2.45, 2.75) is 72.5 Å². The molecule has 2 aromatic rings. The summed E-state index contributed by atoms with van der Waals surface area (Å²) in [5.74, 6) is 0.266. The van der Waals surface area contributed by atoms with E-state index in [9.17, 15) is 9.59 Å². The molecule has 5 nitrogen and oxygen atoms in total. The van der Waals surface area contributed by atoms with Crippen molar-refractivity contribution in [2.75, 3.05) is 6.61 Å². The van der Waals surface area contributed by atoms with Gasteiger partial charge in [0, 0.05) is 12.6 Å². The highest BCUT2D eigenvalue weighted by Crippen LogP contribution is 2.26. The van der Waals surface area contributed by atoms with Gasteiger partial charge in [-0.1, -0.05) is 56.7 Å². The smallest absolute Gasteiger partial charge is 0.261 e. The van der Waals surface area contributed by atoms with E-state index in [2.05, 4.69) is 28.2 Å². The molecule has 0 aliphatic rings. The van der Waals surface area contributed by atoms with Crippen LogP contribution in [0.3, 0.4) is 0 Å². The SMILES string of the molecule is CCc1ccc(OCC(=O)N(Cc2ccc(C)cc2)[C@H](CC)C(=O)N[C@H](C)CC)c(Br)c1. The molecule has 0 spiro atoms. The Morgan fingerprint density at radius 3 is 2.25 bits per heavy atom. The lowest BCUT2D eigenvalue weighted by Crippen LogP contribution is -2.51. The van der Waals surface area contributed by atoms with Crippen LogP contribution in [0.5, 0.6) is 5.75 Å². The largest absolute Gasteiger partial charge is 0.483 e. The standard InChI is InChI=1S/C26H35BrN2O3/c1-6-19(5)28-26(31)23(8-3)29(16-21-11-9-18(4)10-12-21)25(30)17-32-24-14-13-20(7-2)15-22(24)27/h9-15,19,23H,6-8,16-17H2,1-5H3,(H,28,31)/t19-,23-/m1/s1. The van der Waals surface area contributed by atoms with Gasteiger partial charge in [0.15, 0.2) is 6.61 Å². The van der Waals surface area contributed by atoms with Crippen molar-refractivity contribution in [1.29, 1.82) is 0 Å². The number of halogens is 1. The van der Waals surface area contributed by atoms with Crippen LogP contribution in [0.15, 0.2) is 46.9 Å². The first-order chi connectivity index (χ1) is 15.3. The number of carbonyl (C=O) groups is 2. The Hall–Kier alpha value is -2.34. The summed E-state index contributed by atoms with van der Waals surface area (Å²) < 4.78 is 6.66. The van der Waals surface area contributed by atoms with E-state index >= 15 is 0 Å². The second-order valence-corrected chi connectivity index (χ2v) is 9.01. The van der Waals surface area contributed by atoms with E-state index in [1.165, 1.54) is 5.56 Å². The van der Waals surface area contributed by atoms with Crippen molar-refractivity contribution in [3.63, 3.8) is 0 Å². The molecule has 174 valence electrons. The average Bonchev–Trinajstić information content (AvgIpc) is 2.78. The van der Waals surface area contributed by atoms with Crippen molar-refractivity contribution in [2.24, 2.45) is 0 Å². The Bertz CT molecular complexity index is 898. The summed E-state index contributed by atoms with van der Waals surface area (Å²) in [5.41, 5.74) is 3.31. The molecule has 2 atom stereocenters. The molecule has 0 aliphatic carbocycles. The Morgan fingerprint density at radius 2 is 1.69 bits per heavy atom. The number of ether oxygens (including phenoxy) is 1. The third kappa shape index (κ3) is 7.37. The first kappa shape index (κ1) is 25.9. The van der Waals surface area contributed by atoms with Gasteiger partial charge in [0.2, 0.25) is 5.91 Å². The molecule has 0 unspecified atom stereocenters. The number of carbonyl (C=O) groups excluding carboxylic acids is 2. The van der Waals surface area contributed by atoms with Crippen LogP contribution in [0, 0.1) is 6.92 Å². The summed E-state index contributed by atoms with van der Waals surface area (Å²) >= 11 is 3.52. The first-order valence-electron chi connectivity index (χ1n) is 11.4. The number of rotatable bonds is 11. The number of benzene rings is 2. The number of nitrogens with zero attached hydrogens (tertiary/aromatic N) is 1. The van der Waals surface area contributed by atoms with Gasteiger partial charge in [-0.2, -0.15) is 0 Å². The van der Waals surface area contributed by atoms with E-state index < -0.39 is 6.04 Å². The Labute approximate surface area is 200 Å². The van der Waals surface area contributed by atoms with Crippen LogP contribution >= 0.6 is 15.9 Å². The molecule has 32 heavy (non-hydrogen) atoms. The van der Waals surface area contributed by atoms with Crippen molar-refractivity contribution in [3.8, 4) is 5.75 Å². The van der Waals surface area contributed by atoms with Crippen LogP contribution in [-0.4, -0.2) is 35.4 Å². The highest BCUT2D eigenvalue weighted by atomic mass is 79.9. The van der Waals surface area contributed by atoms with Gasteiger partial charge in [0.25, 0.3) is 5.91 Å². The minimum absolute atomic E-state index is 0.0529. The van der Waals surface area contributed by atoms with E-state index in [0.29, 0.717) is 18.7 Å². The number of hydrogen-bond donors (Lipinski definition) is 1. The zero-order valence-electron chi connectivity index (χ0n) is 19.8. The molecule has 0 aromatic heterocycles. The molecule has 2 amide bonds. The Balaban J connectivity index is 2.22. The third-order valence-electron chi connectivity index (χ3n) is 5.62. The molecule has 0 heterocycles. The minimum atomic E-state index is -0.563. The third-order valence-corrected chi connectivity index (χ3v) is 6.24. The van der Waals surface area contributed by atoms with E-state index in [4.69, 9.17) is 4.74 Å². The summed E-state index contributed by atoms with van der Waals surface area (Å²) in [5, 5.41) is 3.03. The lowest BCUT2D eigenvalue weighted by Gasteiger charge is -2.31. The molecule has 0 saturated heterocycles. The Kier molecular flexibility index (Phi) is 10.2. The van der Waals surface area contributed by atoms with Crippen LogP contribution in [0.1, 0.15) is 57.2 Å². The van der Waals surface area contributed by atoms with Gasteiger partial charge in [-0.15, -0.1) is 0 Å². The van der Waals surface area contributed by atoms with Crippen molar-refractivity contribution < 1.29 is 14.3 Å². The molecule has 0 saturated carbocycles. The summed E-state index contributed by atoms with van der Waals surface area (Å²) in [6.45, 7) is 10.2. The molecular formula is C26H35BrN2O3. The molecule has 2 rings (SSSR count). The number of aryl methyl sites for hydroxylation is 2. The second kappa shape index (κ2) is 12.6. The second-order valence-electron chi connectivity index (χ2n) is 8.16. The maximum atomic E-state index is 13.3. The average molecular weight is 503 g/mol. The highest BCUT2D eigenvalue weighted by Gasteiger charge is 2.29. The molecule has 1 N–H and O–H groups in total. The first-order valence-corrected chi connectivity index (χ1v) is 12.1. The van der Waals surface area contributed by atoms with Crippen LogP contribution in [-0.2, 0) is 22.6 Å². The summed E-state index contributed by atoms with van der Waals surface area (Å²) in [6, 6.07) is 13.4. The lowest BCUT2D eigenvalue weighted by molar-refractivity contribution is -0.143. The Morgan fingerprint density at radius 1 is 1.03 bits per heavy atom. The van der Waals surface area contributed by atoms with Crippen LogP contribution < -0.4 is 10.1 Å². The fourth-order valence-corrected chi connectivity index (χ4v) is 3.90. The number of amides is 2. The van der Waals surface area contributed by atoms with Crippen molar-refractivity contribution in [3.05, 3.63) is 63.6 Å². The molecular weight excluding hydrogens is 468 g/mol. The summed E-state index contributed by atoms with van der Waals surface area (Å²) in [7, 11) is 0. The maximum absolute atomic E-state index is 13.3. The fourth-order valence-electron chi connectivity index (χ4n) is 3.35. The van der Waals surface area contributed by atoms with Gasteiger partial charge < -0.3 is 15.0 Å².